The number of guanidine groups is 1. The van der Waals surface area contributed by atoms with Crippen molar-refractivity contribution in [3.63, 3.8) is 0 Å². The maximum atomic E-state index is 15.6. The molecule has 4 bridgehead atoms. The smallest absolute Gasteiger partial charge is 0.251 e. The van der Waals surface area contributed by atoms with Crippen molar-refractivity contribution in [2.24, 2.45) is 23.1 Å². The van der Waals surface area contributed by atoms with E-state index in [0.29, 0.717) is 28.6 Å². The minimum absolute atomic E-state index is 0.00846. The molecule has 2 aliphatic heterocycles. The quantitative estimate of drug-likeness (QED) is 0.0242. The van der Waals surface area contributed by atoms with Gasteiger partial charge in [-0.25, -0.2) is 0 Å². The molecule has 11 atom stereocenters. The Hall–Kier alpha value is -13.7. The Bertz CT molecular complexity index is 4940. The molecular weight excluding hydrogens is 1560 g/mol. The van der Waals surface area contributed by atoms with Gasteiger partial charge >= 0.3 is 0 Å². The average molecular weight is 1660 g/mol. The van der Waals surface area contributed by atoms with Crippen molar-refractivity contribution >= 4 is 116 Å². The average Bonchev–Trinajstić information content (AvgIpc) is 0.857. The third kappa shape index (κ3) is 27.2. The van der Waals surface area contributed by atoms with Crippen LogP contribution in [0.1, 0.15) is 131 Å². The highest BCUT2D eigenvalue weighted by Crippen LogP contribution is 2.23. The molecule has 7 aromatic carbocycles. The molecule has 15 amide bonds. The van der Waals surface area contributed by atoms with Gasteiger partial charge in [0.05, 0.1) is 6.61 Å². The Kier molecular flexibility index (Phi) is 33.7. The van der Waals surface area contributed by atoms with Gasteiger partial charge in [0.15, 0.2) is 5.96 Å². The summed E-state index contributed by atoms with van der Waals surface area (Å²) in [6.45, 7) is 1.44. The molecule has 0 aliphatic carbocycles. The molecule has 0 fully saturated rings. The van der Waals surface area contributed by atoms with Gasteiger partial charge < -0.3 is 102 Å². The minimum atomic E-state index is -1.94. The molecule has 2 aliphatic rings. The van der Waals surface area contributed by atoms with Crippen molar-refractivity contribution in [1.82, 2.24) is 79.8 Å². The van der Waals surface area contributed by atoms with Crippen LogP contribution >= 0.6 is 0 Å². The van der Waals surface area contributed by atoms with Crippen LogP contribution in [0.15, 0.2) is 164 Å². The van der Waals surface area contributed by atoms with Crippen molar-refractivity contribution in [3.8, 4) is 0 Å². The highest BCUT2D eigenvalue weighted by Gasteiger charge is 2.39. The summed E-state index contributed by atoms with van der Waals surface area (Å²) in [7, 11) is 1.67. The second kappa shape index (κ2) is 44.7. The number of fused-ring (bicyclic) bond motifs is 10. The Balaban J connectivity index is 1.19. The van der Waals surface area contributed by atoms with Gasteiger partial charge in [-0.1, -0.05) is 159 Å². The number of aliphatic hydroxyl groups excluding tert-OH is 1. The van der Waals surface area contributed by atoms with Crippen molar-refractivity contribution in [2.45, 2.75) is 157 Å². The first-order chi connectivity index (χ1) is 58.0. The largest absolute Gasteiger partial charge is 0.394 e. The minimum Gasteiger partial charge on any atom is -0.394 e. The van der Waals surface area contributed by atoms with Crippen LogP contribution in [-0.4, -0.2) is 200 Å². The third-order valence-electron chi connectivity index (χ3n) is 20.6. The lowest BCUT2D eigenvalue weighted by Crippen LogP contribution is -2.61. The summed E-state index contributed by atoms with van der Waals surface area (Å²) in [4.78, 5) is 221. The summed E-state index contributed by atoms with van der Waals surface area (Å²) in [5.74, 6) is -16.4. The number of carbonyl (C=O) groups is 15. The first-order valence-electron chi connectivity index (χ1n) is 40.1. The fraction of sp³-hybridized carbons (Fsp3) is 0.372. The lowest BCUT2D eigenvalue weighted by molar-refractivity contribution is -0.136. The summed E-state index contributed by atoms with van der Waals surface area (Å²) < 4.78 is 0. The van der Waals surface area contributed by atoms with Crippen molar-refractivity contribution in [3.05, 3.63) is 203 Å². The third-order valence-corrected chi connectivity index (χ3v) is 20.6. The molecule has 9 rings (SSSR count). The SMILES string of the molecule is CNCCC[C@@H]1NC(=O)[C@@H](Cc2ccccc2)NC(=O)[C@@H]2CCCCNC(=O)c3cc(cc(c3)C(=O)N[C@H](Cc3ccc4ccccc4c3)C(=O)N[C@@H](CO)C(=O)N[C@@H](CCC(N)=O)C(=O)N[C@H](Cc3ccc4ccccc4c3)C(=O)N[C@@H](c3ccccc3)C(=O)N2)C(=O)NC[C@@H](C(N)=O)NC(=O)[C@H](CCCNC(=N)N)NC(=O)C(C(C)C)NC1=O. The van der Waals surface area contributed by atoms with Crippen LogP contribution in [0.3, 0.4) is 0 Å². The highest BCUT2D eigenvalue weighted by molar-refractivity contribution is 6.07. The van der Waals surface area contributed by atoms with Gasteiger partial charge in [-0.05, 0) is 133 Å². The first-order valence-corrected chi connectivity index (χ1v) is 40.1. The summed E-state index contributed by atoms with van der Waals surface area (Å²) in [6, 6.07) is 26.4. The van der Waals surface area contributed by atoms with Crippen LogP contribution in [-0.2, 0) is 76.8 Å². The summed E-state index contributed by atoms with van der Waals surface area (Å²) in [5, 5.41) is 62.0. The zero-order valence-electron chi connectivity index (χ0n) is 67.3. The number of hydrogen-bond donors (Lipinski definition) is 20. The van der Waals surface area contributed by atoms with E-state index in [9.17, 15) is 43.5 Å². The molecule has 0 saturated heterocycles. The monoisotopic (exact) mass is 1660 g/mol. The van der Waals surface area contributed by atoms with E-state index in [2.05, 4.69) is 79.8 Å². The summed E-state index contributed by atoms with van der Waals surface area (Å²) in [6.07, 6.45) is -2.07. The second-order valence-corrected chi connectivity index (χ2v) is 30.1. The Labute approximate surface area is 698 Å². The zero-order valence-corrected chi connectivity index (χ0v) is 67.3. The molecule has 7 aromatic rings. The van der Waals surface area contributed by atoms with Crippen LogP contribution in [0.4, 0.5) is 0 Å². The number of aliphatic hydroxyl groups is 1. The fourth-order valence-electron chi connectivity index (χ4n) is 13.9. The number of hydrogen-bond acceptors (Lipinski definition) is 18. The molecule has 0 aromatic heterocycles. The van der Waals surface area contributed by atoms with E-state index in [1.54, 1.807) is 124 Å². The van der Waals surface area contributed by atoms with E-state index in [0.717, 1.165) is 34.4 Å². The van der Waals surface area contributed by atoms with E-state index in [-0.39, 0.29) is 88.4 Å². The molecule has 121 heavy (non-hydrogen) atoms. The second-order valence-electron chi connectivity index (χ2n) is 30.1. The molecule has 0 radical (unpaired) electrons. The number of benzene rings is 7. The van der Waals surface area contributed by atoms with E-state index in [1.807, 2.05) is 30.3 Å². The normalized spacial score (nSPS) is 22.3. The van der Waals surface area contributed by atoms with Crippen LogP contribution in [0.25, 0.3) is 21.5 Å². The summed E-state index contributed by atoms with van der Waals surface area (Å²) >= 11 is 0. The number of nitrogens with one attached hydrogen (secondary N) is 16. The number of rotatable bonds is 21. The fourth-order valence-corrected chi connectivity index (χ4v) is 13.9. The van der Waals surface area contributed by atoms with Gasteiger partial charge in [0.25, 0.3) is 17.7 Å². The number of amides is 15. The van der Waals surface area contributed by atoms with Gasteiger partial charge in [-0.3, -0.25) is 77.3 Å². The van der Waals surface area contributed by atoms with Gasteiger partial charge in [0, 0.05) is 62.0 Å². The van der Waals surface area contributed by atoms with Gasteiger partial charge in [-0.15, -0.1) is 0 Å². The van der Waals surface area contributed by atoms with Crippen LogP contribution in [0, 0.1) is 11.3 Å². The molecule has 640 valence electrons. The predicted octanol–water partition coefficient (Wildman–Crippen LogP) is -0.641. The highest BCUT2D eigenvalue weighted by atomic mass is 16.3. The molecule has 35 nitrogen and oxygen atoms in total. The molecular formula is C86H105N19O16. The molecule has 0 saturated carbocycles. The van der Waals surface area contributed by atoms with Crippen molar-refractivity contribution in [1.29, 1.82) is 5.41 Å². The predicted molar refractivity (Wildman–Crippen MR) is 448 cm³/mol. The molecule has 2 heterocycles. The van der Waals surface area contributed by atoms with Gasteiger partial charge in [-0.2, -0.15) is 0 Å². The number of nitrogens with two attached hydrogens (primary N) is 3. The Morgan fingerprint density at radius 2 is 0.893 bits per heavy atom. The van der Waals surface area contributed by atoms with Crippen LogP contribution in [0.5, 0.6) is 0 Å². The van der Waals surface area contributed by atoms with Gasteiger partial charge in [0.1, 0.15) is 66.5 Å². The topological polar surface area (TPSA) is 559 Å². The Morgan fingerprint density at radius 3 is 1.45 bits per heavy atom. The molecule has 35 heteroatoms. The van der Waals surface area contributed by atoms with Crippen molar-refractivity contribution in [2.75, 3.05) is 39.8 Å². The lowest BCUT2D eigenvalue weighted by Gasteiger charge is -2.29. The van der Waals surface area contributed by atoms with E-state index < -0.39 is 204 Å². The number of carbonyl (C=O) groups excluding carboxylic acids is 15. The zero-order chi connectivity index (χ0) is 87.2. The maximum absolute atomic E-state index is 15.6. The van der Waals surface area contributed by atoms with E-state index >= 15 is 33.6 Å². The molecule has 0 spiro atoms. The van der Waals surface area contributed by atoms with Crippen molar-refractivity contribution < 1.29 is 77.0 Å². The number of primary amides is 2. The van der Waals surface area contributed by atoms with E-state index in [4.69, 9.17) is 22.6 Å². The standard InChI is InChI=1S/C86H105N19O16/c1-48(2)70-84(120)97-61(28-17-37-93-86(89)90)77(113)102-67(72(88)108)46-94-74(110)58-43-57-44-59(45-58)75(111)99-65(41-50-29-31-52-20-10-12-24-55(52)38-50)81(117)103-68(47-106)83(119)96-63(33-34-69(87)107)78(114)101-66(42-51-30-32-53-21-11-13-25-56(53)39-51)82(118)105-71(54-22-8-5-9-23-54)85(121)98-60(26-14-15-36-92-73(57)109)76(112)100-64(40-49-18-6-4-7-19-49)80(116)95-62(79(115)104-70)27-16-35-91-3/h4-13,18-25,29-32,38-39,43-45,48,60-68,70-71,91,106H,14-17,26-28,33-37,40-42,46-47H2,1-3H3,(H2,87,107)(H2,88,108)(H,92,109)(H,94,110)(H,95,116)(H,96,119)(H,97,120)(H,98,121)(H,99,111)(H,100,112)(H,101,114)(H,102,113)(H,103,117)(H,104,115)(H,105,118)(H4,89,90,93)/t60-,61-,62-,63-,64+,65+,66+,67-,68-,70?,71-/m0/s1. The van der Waals surface area contributed by atoms with E-state index in [1.165, 1.54) is 12.1 Å². The Morgan fingerprint density at radius 1 is 0.438 bits per heavy atom. The lowest BCUT2D eigenvalue weighted by atomic mass is 9.99. The van der Waals surface area contributed by atoms with Gasteiger partial charge in [0.2, 0.25) is 70.9 Å². The van der Waals surface area contributed by atoms with Crippen LogP contribution in [0.2, 0.25) is 0 Å². The molecule has 1 unspecified atom stereocenters. The maximum Gasteiger partial charge on any atom is 0.251 e. The first kappa shape index (κ1) is 91.2. The molecule has 23 N–H and O–H groups in total. The van der Waals surface area contributed by atoms with Crippen LogP contribution < -0.4 is 97.0 Å². The summed E-state index contributed by atoms with van der Waals surface area (Å²) in [5.41, 5.74) is 17.5.